The molecule has 6 nitrogen and oxygen atoms in total. The van der Waals surface area contributed by atoms with E-state index in [0.29, 0.717) is 16.4 Å². The molecule has 7 heteroatoms. The van der Waals surface area contributed by atoms with Crippen LogP contribution in [-0.2, 0) is 0 Å². The first-order valence-electron chi connectivity index (χ1n) is 5.28. The van der Waals surface area contributed by atoms with Gasteiger partial charge in [0.05, 0.1) is 9.95 Å². The maximum absolute atomic E-state index is 10.8. The maximum Gasteiger partial charge on any atom is 0.296 e. The van der Waals surface area contributed by atoms with Crippen molar-refractivity contribution in [3.63, 3.8) is 0 Å². The summed E-state index contributed by atoms with van der Waals surface area (Å²) in [6.07, 6.45) is 0. The van der Waals surface area contributed by atoms with Crippen molar-refractivity contribution in [3.05, 3.63) is 57.6 Å². The smallest absolute Gasteiger partial charge is 0.296 e. The highest BCUT2D eigenvalue weighted by Crippen LogP contribution is 2.31. The molecule has 2 N–H and O–H groups in total. The van der Waals surface area contributed by atoms with E-state index in [9.17, 15) is 10.1 Å². The van der Waals surface area contributed by atoms with Crippen LogP contribution in [0.5, 0.6) is 0 Å². The highest BCUT2D eigenvalue weighted by Gasteiger charge is 2.11. The average Bonchev–Trinajstić information content (AvgIpc) is 2.38. The minimum Gasteiger partial charge on any atom is -0.399 e. The van der Waals surface area contributed by atoms with E-state index in [1.807, 2.05) is 0 Å². The van der Waals surface area contributed by atoms with Gasteiger partial charge in [-0.25, -0.2) is 0 Å². The second kappa shape index (κ2) is 5.45. The Labute approximate surface area is 113 Å². The van der Waals surface area contributed by atoms with Crippen LogP contribution < -0.4 is 5.73 Å². The van der Waals surface area contributed by atoms with Crippen LogP contribution in [0.15, 0.2) is 52.7 Å². The quantitative estimate of drug-likeness (QED) is 0.393. The number of hydrogen-bond donors (Lipinski definition) is 1. The first kappa shape index (κ1) is 13.0. The highest BCUT2D eigenvalue weighted by atomic mass is 35.5. The average molecular weight is 277 g/mol. The third kappa shape index (κ3) is 3.05. The molecule has 0 spiro atoms. The summed E-state index contributed by atoms with van der Waals surface area (Å²) in [5.74, 6) is 0. The Balaban J connectivity index is 2.35. The predicted octanol–water partition coefficient (Wildman–Crippen LogP) is 4.25. The van der Waals surface area contributed by atoms with Gasteiger partial charge in [0.25, 0.3) is 5.69 Å². The zero-order valence-corrected chi connectivity index (χ0v) is 10.4. The number of para-hydroxylation sites is 1. The molecule has 0 saturated carbocycles. The summed E-state index contributed by atoms with van der Waals surface area (Å²) >= 11 is 5.93. The van der Waals surface area contributed by atoms with Crippen LogP contribution >= 0.6 is 11.6 Å². The summed E-state index contributed by atoms with van der Waals surface area (Å²) in [6.45, 7) is 0. The molecule has 0 radical (unpaired) electrons. The number of nitrogens with two attached hydrogens (primary N) is 1. The van der Waals surface area contributed by atoms with Gasteiger partial charge in [0.15, 0.2) is 5.69 Å². The SMILES string of the molecule is Nc1ccc(N=Nc2ccccc2[N+](=O)[O-])c(Cl)c1. The zero-order valence-electron chi connectivity index (χ0n) is 9.65. The van der Waals surface area contributed by atoms with Crippen LogP contribution in [-0.4, -0.2) is 4.92 Å². The van der Waals surface area contributed by atoms with Crippen molar-refractivity contribution in [1.82, 2.24) is 0 Å². The number of nitro benzene ring substituents is 1. The van der Waals surface area contributed by atoms with Gasteiger partial charge in [-0.05, 0) is 24.3 Å². The van der Waals surface area contributed by atoms with Crippen molar-refractivity contribution in [1.29, 1.82) is 0 Å². The fraction of sp³-hybridized carbons (Fsp3) is 0. The molecule has 0 atom stereocenters. The molecule has 2 aromatic rings. The van der Waals surface area contributed by atoms with E-state index in [1.54, 1.807) is 24.3 Å². The summed E-state index contributed by atoms with van der Waals surface area (Å²) in [7, 11) is 0. The molecule has 0 aromatic heterocycles. The van der Waals surface area contributed by atoms with E-state index < -0.39 is 4.92 Å². The van der Waals surface area contributed by atoms with E-state index in [0.717, 1.165) is 0 Å². The minimum atomic E-state index is -0.515. The highest BCUT2D eigenvalue weighted by molar-refractivity contribution is 6.33. The lowest BCUT2D eigenvalue weighted by molar-refractivity contribution is -0.384. The van der Waals surface area contributed by atoms with Crippen LogP contribution in [0.2, 0.25) is 5.02 Å². The number of anilines is 1. The molecule has 0 unspecified atom stereocenters. The lowest BCUT2D eigenvalue weighted by Crippen LogP contribution is -1.87. The van der Waals surface area contributed by atoms with Crippen molar-refractivity contribution >= 4 is 34.4 Å². The largest absolute Gasteiger partial charge is 0.399 e. The van der Waals surface area contributed by atoms with Gasteiger partial charge in [-0.1, -0.05) is 23.7 Å². The van der Waals surface area contributed by atoms with Gasteiger partial charge >= 0.3 is 0 Å². The summed E-state index contributed by atoms with van der Waals surface area (Å²) in [4.78, 5) is 10.3. The Morgan fingerprint density at radius 2 is 1.79 bits per heavy atom. The third-order valence-electron chi connectivity index (χ3n) is 2.32. The topological polar surface area (TPSA) is 93.9 Å². The van der Waals surface area contributed by atoms with Crippen molar-refractivity contribution < 1.29 is 4.92 Å². The number of azo groups is 1. The second-order valence-corrected chi connectivity index (χ2v) is 4.06. The summed E-state index contributed by atoms with van der Waals surface area (Å²) in [5.41, 5.74) is 6.51. The number of halogens is 1. The van der Waals surface area contributed by atoms with Crippen molar-refractivity contribution in [2.45, 2.75) is 0 Å². The number of nitrogens with zero attached hydrogens (tertiary/aromatic N) is 3. The predicted molar refractivity (Wildman–Crippen MR) is 73.1 cm³/mol. The molecule has 0 aliphatic rings. The fourth-order valence-corrected chi connectivity index (χ4v) is 1.64. The first-order chi connectivity index (χ1) is 9.08. The van der Waals surface area contributed by atoms with Gasteiger partial charge in [-0.2, -0.15) is 0 Å². The molecular formula is C12H9ClN4O2. The monoisotopic (exact) mass is 276 g/mol. The number of hydrogen-bond acceptors (Lipinski definition) is 5. The number of rotatable bonds is 3. The lowest BCUT2D eigenvalue weighted by atomic mass is 10.3. The van der Waals surface area contributed by atoms with Gasteiger partial charge in [0, 0.05) is 11.8 Å². The second-order valence-electron chi connectivity index (χ2n) is 3.66. The summed E-state index contributed by atoms with van der Waals surface area (Å²) < 4.78 is 0. The molecule has 0 fully saturated rings. The van der Waals surface area contributed by atoms with Crippen LogP contribution in [0.4, 0.5) is 22.7 Å². The van der Waals surface area contributed by atoms with E-state index in [1.165, 1.54) is 18.2 Å². The summed E-state index contributed by atoms with van der Waals surface area (Å²) in [6, 6.07) is 10.8. The zero-order chi connectivity index (χ0) is 13.8. The third-order valence-corrected chi connectivity index (χ3v) is 2.62. The molecule has 0 heterocycles. The molecule has 96 valence electrons. The molecule has 0 bridgehead atoms. The van der Waals surface area contributed by atoms with E-state index in [4.69, 9.17) is 17.3 Å². The number of nitro groups is 1. The Morgan fingerprint density at radius 1 is 1.11 bits per heavy atom. The van der Waals surface area contributed by atoms with Crippen molar-refractivity contribution in [2.24, 2.45) is 10.2 Å². The molecule has 0 amide bonds. The first-order valence-corrected chi connectivity index (χ1v) is 5.66. The lowest BCUT2D eigenvalue weighted by Gasteiger charge is -1.99. The Bertz CT molecular complexity index is 658. The standard InChI is InChI=1S/C12H9ClN4O2/c13-9-7-8(14)5-6-10(9)15-16-11-3-1-2-4-12(11)17(18)19/h1-7H,14H2. The molecule has 0 aliphatic carbocycles. The molecule has 2 rings (SSSR count). The Morgan fingerprint density at radius 3 is 2.47 bits per heavy atom. The fourth-order valence-electron chi connectivity index (χ4n) is 1.42. The van der Waals surface area contributed by atoms with Gasteiger partial charge in [0.2, 0.25) is 0 Å². The molecular weight excluding hydrogens is 268 g/mol. The molecule has 0 aliphatic heterocycles. The summed E-state index contributed by atoms with van der Waals surface area (Å²) in [5, 5.41) is 18.9. The van der Waals surface area contributed by atoms with E-state index in [2.05, 4.69) is 10.2 Å². The Hall–Kier alpha value is -2.47. The van der Waals surface area contributed by atoms with E-state index in [-0.39, 0.29) is 11.4 Å². The van der Waals surface area contributed by atoms with Crippen LogP contribution in [0.25, 0.3) is 0 Å². The van der Waals surface area contributed by atoms with Gasteiger partial charge in [-0.3, -0.25) is 10.1 Å². The molecule has 19 heavy (non-hydrogen) atoms. The van der Waals surface area contributed by atoms with E-state index >= 15 is 0 Å². The van der Waals surface area contributed by atoms with Gasteiger partial charge in [-0.15, -0.1) is 10.2 Å². The number of benzene rings is 2. The van der Waals surface area contributed by atoms with Crippen molar-refractivity contribution in [2.75, 3.05) is 5.73 Å². The van der Waals surface area contributed by atoms with Crippen LogP contribution in [0.1, 0.15) is 0 Å². The minimum absolute atomic E-state index is 0.113. The Kier molecular flexibility index (Phi) is 3.72. The normalized spacial score (nSPS) is 10.8. The van der Waals surface area contributed by atoms with Crippen LogP contribution in [0, 0.1) is 10.1 Å². The van der Waals surface area contributed by atoms with Crippen molar-refractivity contribution in [3.8, 4) is 0 Å². The maximum atomic E-state index is 10.8. The number of nitrogen functional groups attached to an aromatic ring is 1. The van der Waals surface area contributed by atoms with Gasteiger partial charge in [0.1, 0.15) is 5.69 Å². The van der Waals surface area contributed by atoms with Crippen LogP contribution in [0.3, 0.4) is 0 Å². The van der Waals surface area contributed by atoms with Gasteiger partial charge < -0.3 is 5.73 Å². The molecule has 0 saturated heterocycles. The molecule has 2 aromatic carbocycles.